The summed E-state index contributed by atoms with van der Waals surface area (Å²) >= 11 is 0. The maximum Gasteiger partial charge on any atom is 0.270 e. The van der Waals surface area contributed by atoms with Crippen LogP contribution in [0.5, 0.6) is 0 Å². The number of hydrogen-bond acceptors (Lipinski definition) is 3. The quantitative estimate of drug-likeness (QED) is 0.227. The maximum absolute atomic E-state index is 12.3. The van der Waals surface area contributed by atoms with Crippen LogP contribution in [0.25, 0.3) is 6.08 Å². The van der Waals surface area contributed by atoms with Gasteiger partial charge in [-0.25, -0.2) is 0 Å². The van der Waals surface area contributed by atoms with Gasteiger partial charge in [0.1, 0.15) is 0 Å². The molecule has 0 radical (unpaired) electrons. The van der Waals surface area contributed by atoms with E-state index in [0.717, 1.165) is 12.8 Å². The van der Waals surface area contributed by atoms with Crippen molar-refractivity contribution in [2.24, 2.45) is 0 Å². The molecule has 0 aliphatic rings. The number of carbonyl (C=O) groups is 1. The third-order valence-electron chi connectivity index (χ3n) is 4.44. The van der Waals surface area contributed by atoms with Crippen molar-refractivity contribution in [2.75, 3.05) is 0 Å². The van der Waals surface area contributed by atoms with E-state index in [1.165, 1.54) is 50.7 Å². The molecule has 0 bridgehead atoms. The van der Waals surface area contributed by atoms with E-state index in [1.807, 2.05) is 6.92 Å². The molecule has 0 spiro atoms. The van der Waals surface area contributed by atoms with Crippen LogP contribution in [0.2, 0.25) is 0 Å². The van der Waals surface area contributed by atoms with E-state index in [9.17, 15) is 14.9 Å². The number of non-ortho nitro benzene ring substituents is 1. The Kier molecular flexibility index (Phi) is 10.3. The van der Waals surface area contributed by atoms with Gasteiger partial charge in [-0.15, -0.1) is 0 Å². The summed E-state index contributed by atoms with van der Waals surface area (Å²) in [5.74, 6) is -0.119. The predicted molar refractivity (Wildman–Crippen MR) is 107 cm³/mol. The highest BCUT2D eigenvalue weighted by Crippen LogP contribution is 2.16. The van der Waals surface area contributed by atoms with Crippen molar-refractivity contribution >= 4 is 17.7 Å². The Bertz CT molecular complexity index is 611. The minimum absolute atomic E-state index is 0.0271. The van der Waals surface area contributed by atoms with Crippen molar-refractivity contribution < 1.29 is 9.72 Å². The van der Waals surface area contributed by atoms with Gasteiger partial charge in [-0.1, -0.05) is 64.0 Å². The molecule has 1 aromatic carbocycles. The standard InChI is InChI=1S/C21H32N2O3/c1-4-5-6-7-8-9-10-12-18(3)22-21(24)17(2)15-19-13-11-14-20(16-19)23(25)26/h11,13-16,18H,4-10,12H2,1-3H3,(H,22,24)/b17-15+. The molecule has 1 rings (SSSR count). The zero-order valence-corrected chi connectivity index (χ0v) is 16.3. The average molecular weight is 360 g/mol. The van der Waals surface area contributed by atoms with E-state index in [0.29, 0.717) is 11.1 Å². The van der Waals surface area contributed by atoms with Gasteiger partial charge in [0.2, 0.25) is 5.91 Å². The molecule has 0 aromatic heterocycles. The normalized spacial score (nSPS) is 12.7. The van der Waals surface area contributed by atoms with Gasteiger partial charge in [0.15, 0.2) is 0 Å². The number of nitrogens with zero attached hydrogens (tertiary/aromatic N) is 1. The second kappa shape index (κ2) is 12.2. The molecule has 1 amide bonds. The Morgan fingerprint density at radius 2 is 1.85 bits per heavy atom. The lowest BCUT2D eigenvalue weighted by Crippen LogP contribution is -2.32. The first kappa shape index (κ1) is 21.9. The second-order valence-electron chi connectivity index (χ2n) is 6.96. The first-order valence-electron chi connectivity index (χ1n) is 9.67. The van der Waals surface area contributed by atoms with Gasteiger partial charge in [-0.2, -0.15) is 0 Å². The first-order chi connectivity index (χ1) is 12.4. The smallest absolute Gasteiger partial charge is 0.270 e. The van der Waals surface area contributed by atoms with Gasteiger partial charge in [-0.3, -0.25) is 14.9 Å². The minimum atomic E-state index is -0.433. The molecule has 0 aliphatic heterocycles. The second-order valence-corrected chi connectivity index (χ2v) is 6.96. The van der Waals surface area contributed by atoms with Crippen LogP contribution in [-0.4, -0.2) is 16.9 Å². The highest BCUT2D eigenvalue weighted by atomic mass is 16.6. The minimum Gasteiger partial charge on any atom is -0.350 e. The van der Waals surface area contributed by atoms with Gasteiger partial charge >= 0.3 is 0 Å². The lowest BCUT2D eigenvalue weighted by atomic mass is 10.1. The topological polar surface area (TPSA) is 72.2 Å². The fraction of sp³-hybridized carbons (Fsp3) is 0.571. The molecule has 0 aliphatic carbocycles. The zero-order valence-electron chi connectivity index (χ0n) is 16.3. The van der Waals surface area contributed by atoms with E-state index >= 15 is 0 Å². The lowest BCUT2D eigenvalue weighted by molar-refractivity contribution is -0.384. The highest BCUT2D eigenvalue weighted by Gasteiger charge is 2.10. The summed E-state index contributed by atoms with van der Waals surface area (Å²) in [5.41, 5.74) is 1.24. The van der Waals surface area contributed by atoms with Gasteiger partial charge in [0.05, 0.1) is 4.92 Å². The summed E-state index contributed by atoms with van der Waals surface area (Å²) < 4.78 is 0. The Morgan fingerprint density at radius 1 is 1.19 bits per heavy atom. The van der Waals surface area contributed by atoms with Crippen molar-refractivity contribution in [3.8, 4) is 0 Å². The van der Waals surface area contributed by atoms with E-state index in [4.69, 9.17) is 0 Å². The van der Waals surface area contributed by atoms with Crippen molar-refractivity contribution in [1.82, 2.24) is 5.32 Å². The van der Waals surface area contributed by atoms with Crippen LogP contribution < -0.4 is 5.32 Å². The molecule has 5 heteroatoms. The molecule has 0 heterocycles. The first-order valence-corrected chi connectivity index (χ1v) is 9.67. The third kappa shape index (κ3) is 8.79. The summed E-state index contributed by atoms with van der Waals surface area (Å²) in [6.07, 6.45) is 11.5. The molecule has 144 valence electrons. The van der Waals surface area contributed by atoms with Crippen molar-refractivity contribution in [3.05, 3.63) is 45.5 Å². The van der Waals surface area contributed by atoms with Crippen LogP contribution in [0.4, 0.5) is 5.69 Å². The molecule has 1 unspecified atom stereocenters. The molecule has 1 aromatic rings. The van der Waals surface area contributed by atoms with Crippen LogP contribution in [0.15, 0.2) is 29.8 Å². The Hall–Kier alpha value is -2.17. The van der Waals surface area contributed by atoms with Gasteiger partial charge in [0.25, 0.3) is 5.69 Å². The number of hydrogen-bond donors (Lipinski definition) is 1. The molecule has 0 saturated heterocycles. The zero-order chi connectivity index (χ0) is 19.4. The molecular weight excluding hydrogens is 328 g/mol. The number of nitrogens with one attached hydrogen (secondary N) is 1. The summed E-state index contributed by atoms with van der Waals surface area (Å²) in [7, 11) is 0. The van der Waals surface area contributed by atoms with Crippen LogP contribution in [0, 0.1) is 10.1 Å². The fourth-order valence-corrected chi connectivity index (χ4v) is 2.86. The SMILES string of the molecule is CCCCCCCCCC(C)NC(=O)/C(C)=C/c1cccc([N+](=O)[O-])c1. The molecular formula is C21H32N2O3. The summed E-state index contributed by atoms with van der Waals surface area (Å²) in [5, 5.41) is 13.8. The fourth-order valence-electron chi connectivity index (χ4n) is 2.86. The van der Waals surface area contributed by atoms with Crippen molar-refractivity contribution in [1.29, 1.82) is 0 Å². The van der Waals surface area contributed by atoms with E-state index < -0.39 is 4.92 Å². The molecule has 1 atom stereocenters. The third-order valence-corrected chi connectivity index (χ3v) is 4.44. The molecule has 26 heavy (non-hydrogen) atoms. The van der Waals surface area contributed by atoms with Crippen LogP contribution in [0.3, 0.4) is 0 Å². The number of nitro benzene ring substituents is 1. The number of nitro groups is 1. The van der Waals surface area contributed by atoms with Crippen LogP contribution in [0.1, 0.15) is 77.7 Å². The number of rotatable bonds is 12. The monoisotopic (exact) mass is 360 g/mol. The summed E-state index contributed by atoms with van der Waals surface area (Å²) in [6, 6.07) is 6.42. The maximum atomic E-state index is 12.3. The molecule has 0 saturated carbocycles. The molecule has 0 fully saturated rings. The number of unbranched alkanes of at least 4 members (excludes halogenated alkanes) is 6. The summed E-state index contributed by atoms with van der Waals surface area (Å²) in [4.78, 5) is 22.7. The van der Waals surface area contributed by atoms with E-state index in [1.54, 1.807) is 25.1 Å². The van der Waals surface area contributed by atoms with Gasteiger partial charge in [0, 0.05) is 23.7 Å². The predicted octanol–water partition coefficient (Wildman–Crippen LogP) is 5.64. The average Bonchev–Trinajstić information content (AvgIpc) is 2.61. The molecule has 5 nitrogen and oxygen atoms in total. The number of benzene rings is 1. The van der Waals surface area contributed by atoms with E-state index in [-0.39, 0.29) is 17.6 Å². The van der Waals surface area contributed by atoms with Crippen molar-refractivity contribution in [2.45, 2.75) is 78.2 Å². The molecule has 1 N–H and O–H groups in total. The number of amides is 1. The van der Waals surface area contributed by atoms with Gasteiger partial charge < -0.3 is 5.32 Å². The summed E-state index contributed by atoms with van der Waals surface area (Å²) in [6.45, 7) is 5.98. The lowest BCUT2D eigenvalue weighted by Gasteiger charge is -2.14. The number of carbonyl (C=O) groups excluding carboxylic acids is 1. The Morgan fingerprint density at radius 3 is 2.50 bits per heavy atom. The van der Waals surface area contributed by atoms with E-state index in [2.05, 4.69) is 12.2 Å². The highest BCUT2D eigenvalue weighted by molar-refractivity contribution is 5.97. The largest absolute Gasteiger partial charge is 0.350 e. The van der Waals surface area contributed by atoms with Crippen molar-refractivity contribution in [3.63, 3.8) is 0 Å². The van der Waals surface area contributed by atoms with Crippen LogP contribution in [-0.2, 0) is 4.79 Å². The Labute approximate surface area is 157 Å². The van der Waals surface area contributed by atoms with Gasteiger partial charge in [-0.05, 0) is 31.9 Å². The van der Waals surface area contributed by atoms with Crippen LogP contribution >= 0.6 is 0 Å². The Balaban J connectivity index is 2.39.